The van der Waals surface area contributed by atoms with E-state index in [9.17, 15) is 9.59 Å². The first-order valence-corrected chi connectivity index (χ1v) is 7.71. The first-order chi connectivity index (χ1) is 10.2. The van der Waals surface area contributed by atoms with E-state index in [0.29, 0.717) is 10.6 Å². The molecule has 0 radical (unpaired) electrons. The first kappa shape index (κ1) is 21.8. The monoisotopic (exact) mass is 341 g/mol. The summed E-state index contributed by atoms with van der Waals surface area (Å²) in [5.41, 5.74) is 4.10. The largest absolute Gasteiger partial charge is 1.00 e. The summed E-state index contributed by atoms with van der Waals surface area (Å²) in [5.74, 6) is 0. The van der Waals surface area contributed by atoms with Crippen LogP contribution in [0.3, 0.4) is 0 Å². The van der Waals surface area contributed by atoms with Crippen molar-refractivity contribution in [2.24, 2.45) is 0 Å². The van der Waals surface area contributed by atoms with Gasteiger partial charge in [-0.2, -0.15) is 34.5 Å². The summed E-state index contributed by atoms with van der Waals surface area (Å²) in [7, 11) is 0. The molecule has 1 aromatic heterocycles. The Balaban J connectivity index is 0.00000141. The Hall–Kier alpha value is -0.244. The number of rotatable bonds is 5. The molecule has 0 amide bonds. The van der Waals surface area contributed by atoms with Gasteiger partial charge in [0, 0.05) is 6.07 Å². The quantitative estimate of drug-likeness (QED) is 0.485. The van der Waals surface area contributed by atoms with Gasteiger partial charge in [0.15, 0.2) is 0 Å². The molecule has 2 rings (SSSR count). The SMILES string of the molecule is CC.CCCc1[c-]c(S[C-]=O)cc(-c2ccc(=O)[nH]n2)c1.[K+]. The Morgan fingerprint density at radius 1 is 1.32 bits per heavy atom. The molecular weight excluding hydrogens is 323 g/mol. The fraction of sp³-hybridized carbons (Fsp3) is 0.312. The van der Waals surface area contributed by atoms with Gasteiger partial charge in [-0.15, -0.1) is 10.5 Å². The van der Waals surface area contributed by atoms with Crippen molar-refractivity contribution >= 4 is 17.4 Å². The Morgan fingerprint density at radius 3 is 2.59 bits per heavy atom. The molecule has 22 heavy (non-hydrogen) atoms. The predicted octanol–water partition coefficient (Wildman–Crippen LogP) is 0.379. The van der Waals surface area contributed by atoms with Gasteiger partial charge in [0.1, 0.15) is 0 Å². The van der Waals surface area contributed by atoms with Crippen LogP contribution in [0.5, 0.6) is 0 Å². The summed E-state index contributed by atoms with van der Waals surface area (Å²) in [6, 6.07) is 10.0. The number of benzene rings is 1. The topological polar surface area (TPSA) is 62.8 Å². The van der Waals surface area contributed by atoms with Crippen LogP contribution in [-0.2, 0) is 11.2 Å². The third-order valence-corrected chi connectivity index (χ3v) is 3.07. The minimum atomic E-state index is -0.240. The van der Waals surface area contributed by atoms with E-state index in [0.717, 1.165) is 35.7 Å². The molecular formula is C16H18KN2O2S-. The van der Waals surface area contributed by atoms with Crippen molar-refractivity contribution in [1.29, 1.82) is 0 Å². The molecule has 0 saturated heterocycles. The summed E-state index contributed by atoms with van der Waals surface area (Å²) in [6.45, 7) is 6.08. The maximum Gasteiger partial charge on any atom is 1.00 e. The zero-order valence-electron chi connectivity index (χ0n) is 13.4. The minimum absolute atomic E-state index is 0. The Labute approximate surface area is 177 Å². The summed E-state index contributed by atoms with van der Waals surface area (Å²) < 4.78 is 0. The van der Waals surface area contributed by atoms with E-state index in [2.05, 4.69) is 23.2 Å². The van der Waals surface area contributed by atoms with E-state index in [1.54, 1.807) is 11.7 Å². The number of aromatic amines is 1. The van der Waals surface area contributed by atoms with Gasteiger partial charge in [-0.1, -0.05) is 33.6 Å². The molecule has 1 heterocycles. The van der Waals surface area contributed by atoms with Crippen LogP contribution in [-0.4, -0.2) is 15.8 Å². The molecule has 0 spiro atoms. The third-order valence-electron chi connectivity index (χ3n) is 2.55. The molecule has 0 aliphatic heterocycles. The van der Waals surface area contributed by atoms with E-state index < -0.39 is 0 Å². The first-order valence-electron chi connectivity index (χ1n) is 6.89. The average Bonchev–Trinajstić information content (AvgIpc) is 2.50. The van der Waals surface area contributed by atoms with Gasteiger partial charge >= 0.3 is 51.4 Å². The van der Waals surface area contributed by atoms with Crippen LogP contribution in [0.15, 0.2) is 34.0 Å². The number of aromatic nitrogens is 2. The zero-order valence-corrected chi connectivity index (χ0v) is 17.3. The van der Waals surface area contributed by atoms with E-state index >= 15 is 0 Å². The summed E-state index contributed by atoms with van der Waals surface area (Å²) in [4.78, 5) is 22.2. The maximum atomic E-state index is 11.0. The van der Waals surface area contributed by atoms with Crippen LogP contribution in [0.4, 0.5) is 0 Å². The van der Waals surface area contributed by atoms with Gasteiger partial charge in [0.25, 0.3) is 5.56 Å². The van der Waals surface area contributed by atoms with Gasteiger partial charge in [-0.3, -0.25) is 4.79 Å². The average molecular weight is 341 g/mol. The second-order valence-corrected chi connectivity index (χ2v) is 4.81. The Bertz CT molecular complexity index is 624. The van der Waals surface area contributed by atoms with Crippen molar-refractivity contribution in [2.75, 3.05) is 0 Å². The van der Waals surface area contributed by atoms with Crippen molar-refractivity contribution in [3.8, 4) is 11.3 Å². The van der Waals surface area contributed by atoms with Crippen LogP contribution in [0.2, 0.25) is 0 Å². The standard InChI is InChI=1S/C14H12N2O2S.C2H6.K/c1-2-3-10-6-11(8-12(7-10)19-9-17)13-4-5-14(18)16-15-13;1-2;/h4-6,8H,2-3H2,1H3,(H,16,18);1-2H3;/q-2;;+1. The molecule has 1 aromatic carbocycles. The van der Waals surface area contributed by atoms with Gasteiger partial charge < -0.3 is 16.6 Å². The summed E-state index contributed by atoms with van der Waals surface area (Å²) in [6.07, 6.45) is 1.87. The normalized spacial score (nSPS) is 9.23. The number of hydrogen-bond acceptors (Lipinski definition) is 4. The van der Waals surface area contributed by atoms with Gasteiger partial charge in [0.2, 0.25) is 0 Å². The number of aryl methyl sites for hydroxylation is 1. The molecule has 0 aliphatic rings. The second-order valence-electron chi connectivity index (χ2n) is 4.00. The predicted molar refractivity (Wildman–Crippen MR) is 86.0 cm³/mol. The van der Waals surface area contributed by atoms with Crippen LogP contribution in [0, 0.1) is 6.07 Å². The van der Waals surface area contributed by atoms with Crippen molar-refractivity contribution < 1.29 is 56.2 Å². The maximum absolute atomic E-state index is 11.0. The van der Waals surface area contributed by atoms with Crippen molar-refractivity contribution in [1.82, 2.24) is 10.2 Å². The number of hydrogen-bond donors (Lipinski definition) is 1. The molecule has 0 bridgehead atoms. The van der Waals surface area contributed by atoms with Crippen LogP contribution in [0.1, 0.15) is 32.8 Å². The molecule has 0 atom stereocenters. The van der Waals surface area contributed by atoms with Crippen LogP contribution < -0.4 is 56.9 Å². The number of nitrogens with zero attached hydrogens (tertiary/aromatic N) is 1. The molecule has 1 N–H and O–H groups in total. The molecule has 0 aliphatic carbocycles. The molecule has 2 aromatic rings. The molecule has 0 unspecified atom stereocenters. The van der Waals surface area contributed by atoms with E-state index in [4.69, 9.17) is 0 Å². The molecule has 6 heteroatoms. The number of nitrogens with one attached hydrogen (secondary N) is 1. The summed E-state index contributed by atoms with van der Waals surface area (Å²) in [5, 5.41) is 6.39. The van der Waals surface area contributed by atoms with Gasteiger partial charge in [-0.05, 0) is 6.07 Å². The summed E-state index contributed by atoms with van der Waals surface area (Å²) >= 11 is 0.966. The Morgan fingerprint density at radius 2 is 2.05 bits per heavy atom. The molecule has 0 fully saturated rings. The smallest absolute Gasteiger partial charge is 0.530 e. The van der Waals surface area contributed by atoms with E-state index in [-0.39, 0.29) is 56.9 Å². The second kappa shape index (κ2) is 12.2. The third kappa shape index (κ3) is 6.89. The minimum Gasteiger partial charge on any atom is -0.530 e. The number of carbonyl (C=O) groups excluding carboxylic acids is 1. The molecule has 112 valence electrons. The molecule has 0 saturated carbocycles. The van der Waals surface area contributed by atoms with Crippen LogP contribution >= 0.6 is 11.8 Å². The van der Waals surface area contributed by atoms with Gasteiger partial charge in [0.05, 0.1) is 5.69 Å². The van der Waals surface area contributed by atoms with E-state index in [1.165, 1.54) is 6.07 Å². The number of H-pyrrole nitrogens is 1. The van der Waals surface area contributed by atoms with Crippen LogP contribution in [0.25, 0.3) is 11.3 Å². The van der Waals surface area contributed by atoms with Crippen molar-refractivity contribution in [2.45, 2.75) is 38.5 Å². The fourth-order valence-electron chi connectivity index (χ4n) is 1.76. The van der Waals surface area contributed by atoms with Crippen molar-refractivity contribution in [3.05, 3.63) is 46.2 Å². The fourth-order valence-corrected chi connectivity index (χ4v) is 2.22. The number of thioether (sulfide) groups is 1. The van der Waals surface area contributed by atoms with E-state index in [1.807, 2.05) is 26.0 Å². The Kier molecular flexibility index (Phi) is 12.1. The molecule has 4 nitrogen and oxygen atoms in total. The van der Waals surface area contributed by atoms with Gasteiger partial charge in [-0.25, -0.2) is 5.10 Å². The zero-order chi connectivity index (χ0) is 15.7. The van der Waals surface area contributed by atoms with Crippen molar-refractivity contribution in [3.63, 3.8) is 0 Å².